The molecule has 0 spiro atoms. The Bertz CT molecular complexity index is 330. The fraction of sp³-hybridized carbons (Fsp3) is 0.857. The van der Waals surface area contributed by atoms with Gasteiger partial charge in [0.2, 0.25) is 8.32 Å². The van der Waals surface area contributed by atoms with Crippen LogP contribution >= 0.6 is 0 Å². The van der Waals surface area contributed by atoms with E-state index in [0.717, 1.165) is 0 Å². The van der Waals surface area contributed by atoms with E-state index in [1.807, 2.05) is 7.11 Å². The third-order valence-corrected chi connectivity index (χ3v) is 4.95. The third-order valence-electron chi connectivity index (χ3n) is 4.11. The molecule has 0 unspecified atom stereocenters. The first-order valence-corrected chi connectivity index (χ1v) is 10.2. The van der Waals surface area contributed by atoms with Gasteiger partial charge in [-0.1, -0.05) is 6.92 Å². The van der Waals surface area contributed by atoms with Gasteiger partial charge in [0.05, 0.1) is 11.9 Å². The summed E-state index contributed by atoms with van der Waals surface area (Å²) in [6.45, 7) is 11.4. The summed E-state index contributed by atoms with van der Waals surface area (Å²) in [4.78, 5) is 0. The van der Waals surface area contributed by atoms with E-state index in [9.17, 15) is 0 Å². The Labute approximate surface area is 107 Å². The van der Waals surface area contributed by atoms with Gasteiger partial charge < -0.3 is 9.16 Å². The summed E-state index contributed by atoms with van der Waals surface area (Å²) in [5.74, 6) is 3.28. The molecule has 4 atom stereocenters. The molecule has 0 aliphatic heterocycles. The predicted molar refractivity (Wildman–Crippen MR) is 73.3 cm³/mol. The SMILES string of the molecule is CO[C@@H]1[C@H]2CC(C)=C(O[Si](C)(C)C)[C@H]2C[C@H]1C. The first-order chi connectivity index (χ1) is 7.83. The quantitative estimate of drug-likeness (QED) is 0.713. The van der Waals surface area contributed by atoms with Crippen molar-refractivity contribution in [1.82, 2.24) is 0 Å². The van der Waals surface area contributed by atoms with Crippen molar-refractivity contribution in [3.63, 3.8) is 0 Å². The minimum Gasteiger partial charge on any atom is -0.547 e. The molecule has 0 aromatic rings. The Hall–Kier alpha value is -0.283. The van der Waals surface area contributed by atoms with Crippen LogP contribution in [0.2, 0.25) is 19.6 Å². The number of rotatable bonds is 3. The molecule has 0 N–H and O–H groups in total. The first-order valence-electron chi connectivity index (χ1n) is 6.75. The summed E-state index contributed by atoms with van der Waals surface area (Å²) < 4.78 is 12.0. The van der Waals surface area contributed by atoms with E-state index in [1.54, 1.807) is 0 Å². The largest absolute Gasteiger partial charge is 0.547 e. The Kier molecular flexibility index (Phi) is 3.43. The second kappa shape index (κ2) is 4.43. The van der Waals surface area contributed by atoms with Crippen LogP contribution in [-0.2, 0) is 9.16 Å². The maximum absolute atomic E-state index is 6.33. The monoisotopic (exact) mass is 254 g/mol. The highest BCUT2D eigenvalue weighted by molar-refractivity contribution is 6.70. The highest BCUT2D eigenvalue weighted by Gasteiger charge is 2.48. The van der Waals surface area contributed by atoms with Crippen LogP contribution < -0.4 is 0 Å². The molecule has 0 amide bonds. The summed E-state index contributed by atoms with van der Waals surface area (Å²) in [7, 11) is 0.381. The van der Waals surface area contributed by atoms with E-state index in [4.69, 9.17) is 9.16 Å². The molecular formula is C14H26O2Si. The van der Waals surface area contributed by atoms with Crippen LogP contribution in [0.1, 0.15) is 26.7 Å². The topological polar surface area (TPSA) is 18.5 Å². The molecule has 0 bridgehead atoms. The standard InChI is InChI=1S/C14H26O2Si/c1-9-7-12-11(13(9)15-3)8-10(2)14(12)16-17(4,5)6/h9,11-13H,7-8H2,1-6H3/t9-,11+,12+,13+/m1/s1. The number of fused-ring (bicyclic) bond motifs is 1. The van der Waals surface area contributed by atoms with Gasteiger partial charge in [0.25, 0.3) is 0 Å². The van der Waals surface area contributed by atoms with Gasteiger partial charge in [-0.25, -0.2) is 0 Å². The smallest absolute Gasteiger partial charge is 0.241 e. The zero-order valence-corrected chi connectivity index (χ0v) is 13.0. The number of methoxy groups -OCH3 is 1. The Balaban J connectivity index is 2.17. The first kappa shape index (κ1) is 13.2. The van der Waals surface area contributed by atoms with Crippen molar-refractivity contribution in [1.29, 1.82) is 0 Å². The molecule has 1 fully saturated rings. The molecule has 3 heteroatoms. The summed E-state index contributed by atoms with van der Waals surface area (Å²) in [5, 5.41) is 0. The lowest BCUT2D eigenvalue weighted by molar-refractivity contribution is 0.0406. The van der Waals surface area contributed by atoms with E-state index in [1.165, 1.54) is 24.2 Å². The second-order valence-corrected chi connectivity index (χ2v) is 11.2. The third kappa shape index (κ3) is 2.45. The van der Waals surface area contributed by atoms with E-state index < -0.39 is 8.32 Å². The molecular weight excluding hydrogens is 228 g/mol. The molecule has 0 aromatic heterocycles. The van der Waals surface area contributed by atoms with Crippen LogP contribution in [0.15, 0.2) is 11.3 Å². The van der Waals surface area contributed by atoms with Crippen LogP contribution in [0.25, 0.3) is 0 Å². The number of hydrogen-bond acceptors (Lipinski definition) is 2. The molecule has 2 rings (SSSR count). The van der Waals surface area contributed by atoms with Gasteiger partial charge in [-0.3, -0.25) is 0 Å². The van der Waals surface area contributed by atoms with Gasteiger partial charge in [-0.05, 0) is 56.8 Å². The van der Waals surface area contributed by atoms with Gasteiger partial charge in [0, 0.05) is 13.0 Å². The van der Waals surface area contributed by atoms with Crippen molar-refractivity contribution in [2.75, 3.05) is 7.11 Å². The van der Waals surface area contributed by atoms with E-state index in [2.05, 4.69) is 33.5 Å². The molecule has 0 saturated heterocycles. The Morgan fingerprint density at radius 1 is 1.24 bits per heavy atom. The van der Waals surface area contributed by atoms with Crippen LogP contribution in [0.4, 0.5) is 0 Å². The number of allylic oxidation sites excluding steroid dienone is 2. The fourth-order valence-corrected chi connectivity index (χ4v) is 4.58. The molecule has 0 heterocycles. The number of ether oxygens (including phenoxy) is 1. The van der Waals surface area contributed by atoms with Gasteiger partial charge in [-0.2, -0.15) is 0 Å². The minimum absolute atomic E-state index is 0.428. The molecule has 0 radical (unpaired) electrons. The average molecular weight is 254 g/mol. The van der Waals surface area contributed by atoms with Gasteiger partial charge >= 0.3 is 0 Å². The fourth-order valence-electron chi connectivity index (χ4n) is 3.59. The van der Waals surface area contributed by atoms with Gasteiger partial charge in [-0.15, -0.1) is 0 Å². The molecule has 17 heavy (non-hydrogen) atoms. The predicted octanol–water partition coefficient (Wildman–Crippen LogP) is 3.80. The van der Waals surface area contributed by atoms with E-state index >= 15 is 0 Å². The molecule has 1 saturated carbocycles. The molecule has 2 aliphatic carbocycles. The minimum atomic E-state index is -1.48. The van der Waals surface area contributed by atoms with Crippen LogP contribution in [0.5, 0.6) is 0 Å². The highest BCUT2D eigenvalue weighted by atomic mass is 28.4. The van der Waals surface area contributed by atoms with Crippen molar-refractivity contribution < 1.29 is 9.16 Å². The molecule has 2 aliphatic rings. The number of hydrogen-bond donors (Lipinski definition) is 0. The Morgan fingerprint density at radius 2 is 1.88 bits per heavy atom. The lowest BCUT2D eigenvalue weighted by Gasteiger charge is -2.25. The lowest BCUT2D eigenvalue weighted by Crippen LogP contribution is -2.27. The van der Waals surface area contributed by atoms with Crippen molar-refractivity contribution >= 4 is 8.32 Å². The second-order valence-electron chi connectivity index (χ2n) is 6.75. The van der Waals surface area contributed by atoms with Crippen molar-refractivity contribution in [2.24, 2.45) is 17.8 Å². The maximum Gasteiger partial charge on any atom is 0.241 e. The average Bonchev–Trinajstić information content (AvgIpc) is 2.62. The van der Waals surface area contributed by atoms with Crippen LogP contribution in [-0.4, -0.2) is 21.5 Å². The van der Waals surface area contributed by atoms with Gasteiger partial charge in [0.1, 0.15) is 0 Å². The Morgan fingerprint density at radius 3 is 2.41 bits per heavy atom. The van der Waals surface area contributed by atoms with Crippen molar-refractivity contribution in [3.8, 4) is 0 Å². The summed E-state index contributed by atoms with van der Waals surface area (Å²) in [5.41, 5.74) is 1.47. The van der Waals surface area contributed by atoms with E-state index in [-0.39, 0.29) is 0 Å². The molecule has 98 valence electrons. The summed E-state index contributed by atoms with van der Waals surface area (Å²) in [6, 6.07) is 0. The van der Waals surface area contributed by atoms with E-state index in [0.29, 0.717) is 23.9 Å². The molecule has 0 aromatic carbocycles. The van der Waals surface area contributed by atoms with Gasteiger partial charge in [0.15, 0.2) is 0 Å². The summed E-state index contributed by atoms with van der Waals surface area (Å²) in [6.07, 6.45) is 2.84. The zero-order chi connectivity index (χ0) is 12.8. The highest BCUT2D eigenvalue weighted by Crippen LogP contribution is 2.51. The lowest BCUT2D eigenvalue weighted by atomic mass is 9.96. The van der Waals surface area contributed by atoms with Crippen LogP contribution in [0, 0.1) is 17.8 Å². The zero-order valence-electron chi connectivity index (χ0n) is 12.0. The molecule has 2 nitrogen and oxygen atoms in total. The van der Waals surface area contributed by atoms with Crippen molar-refractivity contribution in [2.45, 2.75) is 52.4 Å². The normalized spacial score (nSPS) is 37.5. The maximum atomic E-state index is 6.33. The van der Waals surface area contributed by atoms with Crippen molar-refractivity contribution in [3.05, 3.63) is 11.3 Å². The summed E-state index contributed by atoms with van der Waals surface area (Å²) >= 11 is 0. The van der Waals surface area contributed by atoms with Crippen LogP contribution in [0.3, 0.4) is 0 Å².